The third kappa shape index (κ3) is 5.06. The molecule has 0 aliphatic carbocycles. The summed E-state index contributed by atoms with van der Waals surface area (Å²) >= 11 is 1.46. The van der Waals surface area contributed by atoms with Crippen molar-refractivity contribution in [2.24, 2.45) is 0 Å². The maximum Gasteiger partial charge on any atom is 0.309 e. The van der Waals surface area contributed by atoms with Crippen molar-refractivity contribution in [1.29, 1.82) is 0 Å². The van der Waals surface area contributed by atoms with Crippen molar-refractivity contribution in [2.45, 2.75) is 32.3 Å². The Balaban J connectivity index is 1.37. The lowest BCUT2D eigenvalue weighted by molar-refractivity contribution is -0.136. The molecule has 0 atom stereocenters. The van der Waals surface area contributed by atoms with Gasteiger partial charge in [-0.2, -0.15) is 0 Å². The predicted molar refractivity (Wildman–Crippen MR) is 128 cm³/mol. The van der Waals surface area contributed by atoms with Gasteiger partial charge < -0.3 is 9.84 Å². The molecule has 1 aromatic heterocycles. The number of thiazole rings is 1. The fourth-order valence-electron chi connectivity index (χ4n) is 3.58. The molecule has 4 rings (SSSR count). The van der Waals surface area contributed by atoms with Crippen LogP contribution >= 0.6 is 11.3 Å². The number of carboxylic acids is 1. The molecule has 162 valence electrons. The summed E-state index contributed by atoms with van der Waals surface area (Å²) in [5.74, 6) is -0.0362. The molecule has 0 saturated heterocycles. The summed E-state index contributed by atoms with van der Waals surface area (Å²) < 4.78 is 5.98. The summed E-state index contributed by atoms with van der Waals surface area (Å²) in [6, 6.07) is 26.8. The van der Waals surface area contributed by atoms with Gasteiger partial charge in [-0.25, -0.2) is 4.98 Å². The van der Waals surface area contributed by atoms with Crippen LogP contribution in [0.25, 0.3) is 10.6 Å². The molecular formula is C27H25NO3S. The Labute approximate surface area is 192 Å². The normalized spacial score (nSPS) is 11.3. The Hall–Kier alpha value is -3.44. The van der Waals surface area contributed by atoms with Crippen LogP contribution in [-0.4, -0.2) is 16.1 Å². The van der Waals surface area contributed by atoms with E-state index in [1.165, 1.54) is 22.5 Å². The van der Waals surface area contributed by atoms with Gasteiger partial charge >= 0.3 is 5.97 Å². The van der Waals surface area contributed by atoms with Crippen molar-refractivity contribution in [3.8, 4) is 16.3 Å². The fourth-order valence-corrected chi connectivity index (χ4v) is 4.40. The standard InChI is InChI=1S/C27H25NO3S/c1-27(2,21-6-4-3-5-7-21)22-12-14-24(15-13-22)31-17-19-8-10-20(11-9-19)26-28-23(18-32-26)16-25(29)30/h3-15,18H,16-17H2,1-2H3,(H,29,30). The van der Waals surface area contributed by atoms with E-state index in [9.17, 15) is 4.79 Å². The highest BCUT2D eigenvalue weighted by Gasteiger charge is 2.22. The Morgan fingerprint density at radius 1 is 0.938 bits per heavy atom. The van der Waals surface area contributed by atoms with Crippen LogP contribution in [-0.2, 0) is 23.2 Å². The van der Waals surface area contributed by atoms with Gasteiger partial charge in [0.2, 0.25) is 0 Å². The molecule has 0 aliphatic heterocycles. The fraction of sp³-hybridized carbons (Fsp3) is 0.185. The molecule has 32 heavy (non-hydrogen) atoms. The topological polar surface area (TPSA) is 59.4 Å². The first-order chi connectivity index (χ1) is 15.4. The van der Waals surface area contributed by atoms with Gasteiger partial charge in [-0.3, -0.25) is 4.79 Å². The van der Waals surface area contributed by atoms with E-state index in [-0.39, 0.29) is 11.8 Å². The summed E-state index contributed by atoms with van der Waals surface area (Å²) in [5.41, 5.74) is 5.07. The van der Waals surface area contributed by atoms with Gasteiger partial charge in [-0.05, 0) is 28.8 Å². The van der Waals surface area contributed by atoms with Gasteiger partial charge in [0.05, 0.1) is 12.1 Å². The number of carboxylic acid groups (broad SMARTS) is 1. The summed E-state index contributed by atoms with van der Waals surface area (Å²) in [7, 11) is 0. The van der Waals surface area contributed by atoms with E-state index in [2.05, 4.69) is 55.2 Å². The minimum absolute atomic E-state index is 0.0518. The molecule has 0 radical (unpaired) electrons. The van der Waals surface area contributed by atoms with Crippen molar-refractivity contribution in [1.82, 2.24) is 4.98 Å². The summed E-state index contributed by atoms with van der Waals surface area (Å²) in [4.78, 5) is 15.2. The number of rotatable bonds is 8. The number of aromatic nitrogens is 1. The van der Waals surface area contributed by atoms with E-state index in [4.69, 9.17) is 9.84 Å². The van der Waals surface area contributed by atoms with Gasteiger partial charge in [0.25, 0.3) is 0 Å². The minimum Gasteiger partial charge on any atom is -0.489 e. The van der Waals surface area contributed by atoms with Gasteiger partial charge in [-0.15, -0.1) is 11.3 Å². The zero-order chi connectivity index (χ0) is 22.6. The van der Waals surface area contributed by atoms with E-state index >= 15 is 0 Å². The molecule has 0 spiro atoms. The average molecular weight is 444 g/mol. The Kier molecular flexibility index (Phi) is 6.37. The second-order valence-electron chi connectivity index (χ2n) is 8.22. The van der Waals surface area contributed by atoms with Crippen molar-refractivity contribution in [2.75, 3.05) is 0 Å². The van der Waals surface area contributed by atoms with E-state index in [1.54, 1.807) is 5.38 Å². The zero-order valence-electron chi connectivity index (χ0n) is 18.1. The van der Waals surface area contributed by atoms with Crippen molar-refractivity contribution in [3.05, 3.63) is 107 Å². The van der Waals surface area contributed by atoms with Gasteiger partial charge in [0.15, 0.2) is 0 Å². The van der Waals surface area contributed by atoms with Crippen LogP contribution < -0.4 is 4.74 Å². The Morgan fingerprint density at radius 3 is 2.25 bits per heavy atom. The minimum atomic E-state index is -0.869. The Morgan fingerprint density at radius 2 is 1.59 bits per heavy atom. The molecule has 3 aromatic carbocycles. The van der Waals surface area contributed by atoms with E-state index in [0.717, 1.165) is 21.9 Å². The lowest BCUT2D eigenvalue weighted by Gasteiger charge is -2.26. The smallest absolute Gasteiger partial charge is 0.309 e. The largest absolute Gasteiger partial charge is 0.489 e. The molecule has 1 N–H and O–H groups in total. The summed E-state index contributed by atoms with van der Waals surface area (Å²) in [5, 5.41) is 11.5. The Bertz CT molecular complexity index is 1180. The van der Waals surface area contributed by atoms with Gasteiger partial charge in [0.1, 0.15) is 17.4 Å². The quantitative estimate of drug-likeness (QED) is 0.345. The maximum atomic E-state index is 10.8. The molecule has 0 aliphatic rings. The van der Waals surface area contributed by atoms with Gasteiger partial charge in [0, 0.05) is 16.4 Å². The molecule has 0 bridgehead atoms. The van der Waals surface area contributed by atoms with Crippen molar-refractivity contribution in [3.63, 3.8) is 0 Å². The zero-order valence-corrected chi connectivity index (χ0v) is 18.9. The van der Waals surface area contributed by atoms with E-state index in [0.29, 0.717) is 12.3 Å². The molecule has 0 fully saturated rings. The van der Waals surface area contributed by atoms with Crippen LogP contribution in [0.2, 0.25) is 0 Å². The monoisotopic (exact) mass is 443 g/mol. The van der Waals surface area contributed by atoms with Gasteiger partial charge in [-0.1, -0.05) is 80.6 Å². The van der Waals surface area contributed by atoms with Crippen LogP contribution in [0.5, 0.6) is 5.75 Å². The number of hydrogen-bond acceptors (Lipinski definition) is 4. The number of ether oxygens (including phenoxy) is 1. The lowest BCUT2D eigenvalue weighted by Crippen LogP contribution is -2.18. The third-order valence-electron chi connectivity index (χ3n) is 5.56. The van der Waals surface area contributed by atoms with Crippen LogP contribution in [0.4, 0.5) is 0 Å². The molecule has 0 unspecified atom stereocenters. The highest BCUT2D eigenvalue weighted by molar-refractivity contribution is 7.13. The number of hydrogen-bond donors (Lipinski definition) is 1. The second kappa shape index (κ2) is 9.37. The SMILES string of the molecule is CC(C)(c1ccccc1)c1ccc(OCc2ccc(-c3nc(CC(=O)O)cs3)cc2)cc1. The first kappa shape index (κ1) is 21.8. The van der Waals surface area contributed by atoms with Crippen LogP contribution in [0.15, 0.2) is 84.2 Å². The van der Waals surface area contributed by atoms with E-state index < -0.39 is 5.97 Å². The number of aliphatic carboxylic acids is 1. The number of nitrogens with zero attached hydrogens (tertiary/aromatic N) is 1. The average Bonchev–Trinajstić information content (AvgIpc) is 3.26. The number of benzene rings is 3. The molecule has 4 nitrogen and oxygen atoms in total. The van der Waals surface area contributed by atoms with E-state index in [1.807, 2.05) is 42.5 Å². The maximum absolute atomic E-state index is 10.8. The lowest BCUT2D eigenvalue weighted by atomic mass is 9.78. The van der Waals surface area contributed by atoms with Crippen molar-refractivity contribution >= 4 is 17.3 Å². The number of carbonyl (C=O) groups is 1. The highest BCUT2D eigenvalue weighted by atomic mass is 32.1. The summed E-state index contributed by atoms with van der Waals surface area (Å²) in [6.07, 6.45) is -0.0518. The molecule has 0 amide bonds. The molecule has 1 heterocycles. The second-order valence-corrected chi connectivity index (χ2v) is 9.07. The van der Waals surface area contributed by atoms with Crippen LogP contribution in [0, 0.1) is 0 Å². The molecular weight excluding hydrogens is 418 g/mol. The highest BCUT2D eigenvalue weighted by Crippen LogP contribution is 2.32. The molecule has 4 aromatic rings. The van der Waals surface area contributed by atoms with Crippen LogP contribution in [0.3, 0.4) is 0 Å². The first-order valence-electron chi connectivity index (χ1n) is 10.5. The molecule has 0 saturated carbocycles. The van der Waals surface area contributed by atoms with Crippen molar-refractivity contribution < 1.29 is 14.6 Å². The predicted octanol–water partition coefficient (Wildman–Crippen LogP) is 6.34. The first-order valence-corrected chi connectivity index (χ1v) is 11.3. The summed E-state index contributed by atoms with van der Waals surface area (Å²) in [6.45, 7) is 4.93. The van der Waals surface area contributed by atoms with Crippen LogP contribution in [0.1, 0.15) is 36.2 Å². The molecule has 5 heteroatoms. The third-order valence-corrected chi connectivity index (χ3v) is 6.50.